The molecule has 1 aromatic carbocycles. The Morgan fingerprint density at radius 1 is 1.12 bits per heavy atom. The van der Waals surface area contributed by atoms with Gasteiger partial charge in [0.25, 0.3) is 0 Å². The van der Waals surface area contributed by atoms with Crippen LogP contribution in [0.2, 0.25) is 0 Å². The number of urea groups is 1. The van der Waals surface area contributed by atoms with E-state index in [-0.39, 0.29) is 18.5 Å². The van der Waals surface area contributed by atoms with Crippen LogP contribution in [0.4, 0.5) is 4.79 Å². The van der Waals surface area contributed by atoms with Crippen molar-refractivity contribution in [3.8, 4) is 5.75 Å². The smallest absolute Gasteiger partial charge is 0.338 e. The van der Waals surface area contributed by atoms with Crippen molar-refractivity contribution in [3.63, 3.8) is 0 Å². The molecule has 1 unspecified atom stereocenters. The fourth-order valence-corrected chi connectivity index (χ4v) is 4.35. The number of likely N-dealkylation sites (N-methyl/N-ethyl adjacent to an activating group) is 1. The van der Waals surface area contributed by atoms with Crippen LogP contribution in [0.3, 0.4) is 0 Å². The maximum Gasteiger partial charge on any atom is 0.338 e. The lowest BCUT2D eigenvalue weighted by Gasteiger charge is -2.37. The Kier molecular flexibility index (Phi) is 8.32. The van der Waals surface area contributed by atoms with E-state index in [0.29, 0.717) is 55.2 Å². The molecule has 180 valence electrons. The van der Waals surface area contributed by atoms with E-state index in [1.807, 2.05) is 30.0 Å². The first-order chi connectivity index (χ1) is 15.9. The predicted octanol–water partition coefficient (Wildman–Crippen LogP) is 2.15. The summed E-state index contributed by atoms with van der Waals surface area (Å²) in [5, 5.41) is 2.93. The van der Waals surface area contributed by atoms with Gasteiger partial charge in [-0.15, -0.1) is 0 Å². The number of methoxy groups -OCH3 is 1. The zero-order valence-electron chi connectivity index (χ0n) is 19.9. The molecule has 3 rings (SSSR count). The van der Waals surface area contributed by atoms with Crippen molar-refractivity contribution in [2.24, 2.45) is 0 Å². The highest BCUT2D eigenvalue weighted by molar-refractivity contribution is 5.95. The van der Waals surface area contributed by atoms with Gasteiger partial charge in [0.15, 0.2) is 0 Å². The Labute approximate surface area is 195 Å². The second-order valence-electron chi connectivity index (χ2n) is 8.13. The molecule has 9 heteroatoms. The van der Waals surface area contributed by atoms with Crippen LogP contribution in [-0.2, 0) is 14.3 Å². The number of hydrogen-bond acceptors (Lipinski definition) is 6. The van der Waals surface area contributed by atoms with Crippen molar-refractivity contribution in [1.29, 1.82) is 0 Å². The third kappa shape index (κ3) is 5.47. The number of esters is 1. The van der Waals surface area contributed by atoms with Crippen molar-refractivity contribution in [1.82, 2.24) is 20.0 Å². The van der Waals surface area contributed by atoms with E-state index >= 15 is 0 Å². The number of amides is 3. The van der Waals surface area contributed by atoms with E-state index < -0.39 is 12.0 Å². The molecule has 1 fully saturated rings. The molecule has 0 radical (unpaired) electrons. The molecule has 1 N–H and O–H groups in total. The first-order valence-electron chi connectivity index (χ1n) is 11.5. The first kappa shape index (κ1) is 24.6. The molecule has 0 aromatic heterocycles. The van der Waals surface area contributed by atoms with Gasteiger partial charge in [0.2, 0.25) is 5.91 Å². The average molecular weight is 459 g/mol. The third-order valence-electron chi connectivity index (χ3n) is 6.14. The van der Waals surface area contributed by atoms with Crippen LogP contribution >= 0.6 is 0 Å². The highest BCUT2D eigenvalue weighted by Gasteiger charge is 2.38. The summed E-state index contributed by atoms with van der Waals surface area (Å²) in [7, 11) is 3.22. The van der Waals surface area contributed by atoms with E-state index in [4.69, 9.17) is 9.47 Å². The highest BCUT2D eigenvalue weighted by atomic mass is 16.5. The summed E-state index contributed by atoms with van der Waals surface area (Å²) >= 11 is 0. The number of carbonyl (C=O) groups excluding carboxylic acids is 3. The number of carbonyl (C=O) groups is 3. The molecule has 0 bridgehead atoms. The summed E-state index contributed by atoms with van der Waals surface area (Å²) < 4.78 is 10.9. The van der Waals surface area contributed by atoms with Gasteiger partial charge in [-0.3, -0.25) is 14.6 Å². The van der Waals surface area contributed by atoms with Crippen LogP contribution in [-0.4, -0.2) is 86.1 Å². The Morgan fingerprint density at radius 3 is 2.58 bits per heavy atom. The van der Waals surface area contributed by atoms with Gasteiger partial charge in [-0.05, 0) is 19.4 Å². The summed E-state index contributed by atoms with van der Waals surface area (Å²) in [5.41, 5.74) is 1.69. The molecule has 33 heavy (non-hydrogen) atoms. The van der Waals surface area contributed by atoms with Gasteiger partial charge in [0.05, 0.1) is 25.3 Å². The third-order valence-corrected chi connectivity index (χ3v) is 6.14. The first-order valence-corrected chi connectivity index (χ1v) is 11.5. The maximum absolute atomic E-state index is 13.2. The summed E-state index contributed by atoms with van der Waals surface area (Å²) in [6, 6.07) is 6.34. The highest BCUT2D eigenvalue weighted by Crippen LogP contribution is 2.35. The molecule has 2 aliphatic heterocycles. The molecule has 3 amide bonds. The molecule has 0 spiro atoms. The molecular formula is C24H34N4O5. The topological polar surface area (TPSA) is 91.4 Å². The molecule has 2 aliphatic rings. The van der Waals surface area contributed by atoms with E-state index in [9.17, 15) is 14.4 Å². The van der Waals surface area contributed by atoms with E-state index in [1.165, 1.54) is 4.90 Å². The summed E-state index contributed by atoms with van der Waals surface area (Å²) in [5.74, 6) is 0.263. The minimum absolute atomic E-state index is 0.147. The number of ether oxygens (including phenoxy) is 2. The van der Waals surface area contributed by atoms with E-state index in [1.54, 1.807) is 27.1 Å². The zero-order valence-corrected chi connectivity index (χ0v) is 19.9. The van der Waals surface area contributed by atoms with Gasteiger partial charge in [-0.2, -0.15) is 0 Å². The monoisotopic (exact) mass is 458 g/mol. The van der Waals surface area contributed by atoms with Gasteiger partial charge in [-0.25, -0.2) is 9.59 Å². The molecule has 1 saturated heterocycles. The largest absolute Gasteiger partial charge is 0.496 e. The van der Waals surface area contributed by atoms with Crippen molar-refractivity contribution >= 4 is 17.9 Å². The van der Waals surface area contributed by atoms with Crippen LogP contribution in [0.15, 0.2) is 35.5 Å². The molecular weight excluding hydrogens is 424 g/mol. The van der Waals surface area contributed by atoms with Crippen molar-refractivity contribution in [2.45, 2.75) is 32.7 Å². The zero-order chi connectivity index (χ0) is 24.0. The molecule has 0 saturated carbocycles. The summed E-state index contributed by atoms with van der Waals surface area (Å²) in [6.45, 7) is 7.03. The molecule has 1 aromatic rings. The molecule has 2 heterocycles. The number of nitrogens with zero attached hydrogens (tertiary/aromatic N) is 3. The SMILES string of the molecule is CCOC(=O)C1=C(CN2CCCN(C(=O)CC)CC2)N(C)C(=O)NC1c1ccccc1OC. The van der Waals surface area contributed by atoms with Crippen LogP contribution in [0.1, 0.15) is 38.3 Å². The van der Waals surface area contributed by atoms with E-state index in [2.05, 4.69) is 10.2 Å². The Bertz CT molecular complexity index is 916. The second kappa shape index (κ2) is 11.2. The van der Waals surface area contributed by atoms with Crippen LogP contribution in [0, 0.1) is 0 Å². The van der Waals surface area contributed by atoms with E-state index in [0.717, 1.165) is 13.0 Å². The average Bonchev–Trinajstić information content (AvgIpc) is 3.07. The standard InChI is InChI=1S/C24H34N4O5/c1-5-20(29)28-13-9-12-27(14-15-28)16-18-21(23(30)33-6-2)22(25-24(31)26(18)3)17-10-7-8-11-19(17)32-4/h7-8,10-11,22H,5-6,9,12-16H2,1-4H3,(H,25,31). The van der Waals surface area contributed by atoms with Crippen LogP contribution < -0.4 is 10.1 Å². The number of rotatable bonds is 7. The van der Waals surface area contributed by atoms with Crippen molar-refractivity contribution in [2.75, 3.05) is 53.5 Å². The van der Waals surface area contributed by atoms with Gasteiger partial charge >= 0.3 is 12.0 Å². The number of hydrogen-bond donors (Lipinski definition) is 1. The molecule has 9 nitrogen and oxygen atoms in total. The van der Waals surface area contributed by atoms with Gasteiger partial charge in [0, 0.05) is 57.5 Å². The summed E-state index contributed by atoms with van der Waals surface area (Å²) in [4.78, 5) is 43.8. The van der Waals surface area contributed by atoms with Crippen molar-refractivity contribution in [3.05, 3.63) is 41.1 Å². The predicted molar refractivity (Wildman–Crippen MR) is 124 cm³/mol. The van der Waals surface area contributed by atoms with Crippen molar-refractivity contribution < 1.29 is 23.9 Å². The molecule has 1 atom stereocenters. The van der Waals surface area contributed by atoms with Gasteiger partial charge in [-0.1, -0.05) is 25.1 Å². The fourth-order valence-electron chi connectivity index (χ4n) is 4.35. The number of nitrogens with one attached hydrogen (secondary N) is 1. The van der Waals surface area contributed by atoms with Crippen LogP contribution in [0.5, 0.6) is 5.75 Å². The Morgan fingerprint density at radius 2 is 1.88 bits per heavy atom. The Hall–Kier alpha value is -3.07. The minimum Gasteiger partial charge on any atom is -0.496 e. The lowest BCUT2D eigenvalue weighted by molar-refractivity contribution is -0.139. The fraction of sp³-hybridized carbons (Fsp3) is 0.542. The quantitative estimate of drug-likeness (QED) is 0.630. The van der Waals surface area contributed by atoms with Gasteiger partial charge in [0.1, 0.15) is 5.75 Å². The Balaban J connectivity index is 1.98. The summed E-state index contributed by atoms with van der Waals surface area (Å²) in [6.07, 6.45) is 1.32. The van der Waals surface area contributed by atoms with Gasteiger partial charge < -0.3 is 19.7 Å². The molecule has 0 aliphatic carbocycles. The minimum atomic E-state index is -0.691. The lowest BCUT2D eigenvalue weighted by atomic mass is 9.93. The normalized spacial score (nSPS) is 19.8. The number of para-hydroxylation sites is 1. The van der Waals surface area contributed by atoms with Crippen LogP contribution in [0.25, 0.3) is 0 Å². The maximum atomic E-state index is 13.2. The second-order valence-corrected chi connectivity index (χ2v) is 8.13. The number of benzene rings is 1. The lowest BCUT2D eigenvalue weighted by Crippen LogP contribution is -2.49.